The standard InChI is InChI=1S/C36H45N5O11/c1-20-6-4-5-7-25(20)22-10-14-48-26(16-22)33-41-31-21(2)30(32(44)40-12-8-23(9-13-40)37-24-11-15-49-29(17-24)47-3)38-35(39-31)51-28(43)19-36(46,34(45)52-41)18-27(42)50-33/h4-7,22-24,26,29,33,37,46H,8-19H2,1-3H3/t22?,24-,26?,29-,33?,36?/m1/s1. The van der Waals surface area contributed by atoms with Crippen molar-refractivity contribution in [2.45, 2.75) is 107 Å². The Balaban J connectivity index is 1.18. The van der Waals surface area contributed by atoms with Gasteiger partial charge < -0.3 is 43.8 Å². The maximum atomic E-state index is 14.2. The van der Waals surface area contributed by atoms with Crippen LogP contribution >= 0.6 is 0 Å². The molecule has 4 unspecified atom stereocenters. The predicted molar refractivity (Wildman–Crippen MR) is 180 cm³/mol. The van der Waals surface area contributed by atoms with Gasteiger partial charge in [0.15, 0.2) is 17.7 Å². The lowest BCUT2D eigenvalue weighted by Gasteiger charge is -2.42. The Morgan fingerprint density at radius 2 is 1.71 bits per heavy atom. The smallest absolute Gasteiger partial charge is 0.365 e. The average Bonchev–Trinajstić information content (AvgIpc) is 3.13. The molecule has 7 rings (SSSR count). The summed E-state index contributed by atoms with van der Waals surface area (Å²) in [5.74, 6) is -3.88. The summed E-state index contributed by atoms with van der Waals surface area (Å²) in [6.45, 7) is 5.40. The van der Waals surface area contributed by atoms with E-state index < -0.39 is 60.6 Å². The minimum Gasteiger partial charge on any atom is -0.435 e. The number of anilines is 1. The lowest BCUT2D eigenvalue weighted by Crippen LogP contribution is -2.58. The van der Waals surface area contributed by atoms with Crippen molar-refractivity contribution < 1.29 is 52.8 Å². The van der Waals surface area contributed by atoms with E-state index in [1.807, 2.05) is 31.2 Å². The van der Waals surface area contributed by atoms with Crippen molar-refractivity contribution in [2.75, 3.05) is 38.5 Å². The molecule has 6 heterocycles. The van der Waals surface area contributed by atoms with Crippen LogP contribution in [-0.2, 0) is 38.2 Å². The number of benzene rings is 1. The molecule has 4 fully saturated rings. The van der Waals surface area contributed by atoms with E-state index in [-0.39, 0.29) is 41.4 Å². The first-order chi connectivity index (χ1) is 25.0. The summed E-state index contributed by atoms with van der Waals surface area (Å²) in [6, 6.07) is 7.95. The number of nitrogens with zero attached hydrogens (tertiary/aromatic N) is 4. The van der Waals surface area contributed by atoms with Crippen LogP contribution in [0.1, 0.15) is 84.5 Å². The van der Waals surface area contributed by atoms with E-state index in [4.69, 9.17) is 28.5 Å². The zero-order chi connectivity index (χ0) is 36.6. The average molecular weight is 724 g/mol. The number of aryl methyl sites for hydroxylation is 1. The number of carbonyl (C=O) groups excluding carboxylic acids is 4. The third-order valence-corrected chi connectivity index (χ3v) is 10.7. The lowest BCUT2D eigenvalue weighted by atomic mass is 9.85. The Morgan fingerprint density at radius 3 is 2.48 bits per heavy atom. The monoisotopic (exact) mass is 723 g/mol. The SMILES string of the molecule is CO[C@H]1C[C@H](NC2CCN(C(=O)c3nc4nc(c3C)N3OC(=O)C(O)(CC(=O)O4)CC(=O)OC3C3CC(c4ccccc4C)CCO3)CC2)CCO1. The van der Waals surface area contributed by atoms with Crippen LogP contribution in [0.3, 0.4) is 0 Å². The first-order valence-corrected chi connectivity index (χ1v) is 17.9. The van der Waals surface area contributed by atoms with E-state index in [2.05, 4.69) is 15.3 Å². The summed E-state index contributed by atoms with van der Waals surface area (Å²) in [5.41, 5.74) is -0.268. The molecule has 1 aromatic carbocycles. The molecule has 0 spiro atoms. The van der Waals surface area contributed by atoms with Gasteiger partial charge in [-0.05, 0) is 63.0 Å². The minimum atomic E-state index is -2.59. The highest BCUT2D eigenvalue weighted by Crippen LogP contribution is 2.38. The lowest BCUT2D eigenvalue weighted by molar-refractivity contribution is -0.202. The van der Waals surface area contributed by atoms with Gasteiger partial charge in [0.25, 0.3) is 5.91 Å². The predicted octanol–water partition coefficient (Wildman–Crippen LogP) is 1.98. The van der Waals surface area contributed by atoms with Crippen LogP contribution in [0, 0.1) is 13.8 Å². The molecule has 5 aliphatic heterocycles. The van der Waals surface area contributed by atoms with Crippen LogP contribution in [-0.4, -0.2) is 114 Å². The van der Waals surface area contributed by atoms with Crippen molar-refractivity contribution in [3.8, 4) is 6.01 Å². The maximum Gasteiger partial charge on any atom is 0.365 e. The molecule has 0 saturated carbocycles. The highest BCUT2D eigenvalue weighted by atomic mass is 16.8. The van der Waals surface area contributed by atoms with Crippen LogP contribution in [0.4, 0.5) is 5.82 Å². The van der Waals surface area contributed by atoms with Gasteiger partial charge in [0.05, 0.1) is 19.4 Å². The summed E-state index contributed by atoms with van der Waals surface area (Å²) < 4.78 is 28.5. The number of aromatic nitrogens is 2. The number of piperidine rings is 1. The summed E-state index contributed by atoms with van der Waals surface area (Å²) in [4.78, 5) is 70.3. The quantitative estimate of drug-likeness (QED) is 0.412. The minimum absolute atomic E-state index is 0.0304. The van der Waals surface area contributed by atoms with E-state index in [9.17, 15) is 24.3 Å². The summed E-state index contributed by atoms with van der Waals surface area (Å²) >= 11 is 0. The highest BCUT2D eigenvalue weighted by molar-refractivity contribution is 5.96. The molecule has 6 atom stereocenters. The second-order valence-electron chi connectivity index (χ2n) is 14.2. The number of hydroxylamine groups is 1. The van der Waals surface area contributed by atoms with Gasteiger partial charge in [0.1, 0.15) is 11.8 Å². The van der Waals surface area contributed by atoms with Gasteiger partial charge in [-0.3, -0.25) is 14.4 Å². The molecular weight excluding hydrogens is 678 g/mol. The number of methoxy groups -OCH3 is 1. The van der Waals surface area contributed by atoms with Gasteiger partial charge in [-0.25, -0.2) is 4.79 Å². The number of amides is 1. The number of ether oxygens (including phenoxy) is 5. The number of nitrogens with one attached hydrogen (secondary N) is 1. The van der Waals surface area contributed by atoms with Gasteiger partial charge >= 0.3 is 23.9 Å². The number of carbonyl (C=O) groups is 4. The number of esters is 2. The second kappa shape index (κ2) is 15.0. The van der Waals surface area contributed by atoms with Crippen LogP contribution in [0.2, 0.25) is 0 Å². The number of aliphatic hydroxyl groups is 1. The fourth-order valence-electron chi connectivity index (χ4n) is 7.78. The first-order valence-electron chi connectivity index (χ1n) is 17.9. The molecule has 1 amide bonds. The van der Waals surface area contributed by atoms with Crippen LogP contribution in [0.5, 0.6) is 6.01 Å². The van der Waals surface area contributed by atoms with Crippen molar-refractivity contribution in [1.82, 2.24) is 20.2 Å². The highest BCUT2D eigenvalue weighted by Gasteiger charge is 2.51. The molecule has 2 aromatic rings. The Labute approximate surface area is 301 Å². The molecule has 4 saturated heterocycles. The van der Waals surface area contributed by atoms with Gasteiger partial charge in [0, 0.05) is 50.9 Å². The normalized spacial score (nSPS) is 30.2. The fraction of sp³-hybridized carbons (Fsp3) is 0.611. The molecule has 52 heavy (non-hydrogen) atoms. The van der Waals surface area contributed by atoms with Crippen molar-refractivity contribution >= 4 is 29.6 Å². The topological polar surface area (TPSA) is 188 Å². The van der Waals surface area contributed by atoms with Crippen LogP contribution in [0.15, 0.2) is 24.3 Å². The van der Waals surface area contributed by atoms with E-state index in [1.165, 1.54) is 0 Å². The third kappa shape index (κ3) is 7.48. The number of fused-ring (bicyclic) bond motifs is 6. The van der Waals surface area contributed by atoms with Gasteiger partial charge in [-0.15, -0.1) is 5.06 Å². The number of hydrogen-bond donors (Lipinski definition) is 2. The number of likely N-dealkylation sites (tertiary alicyclic amines) is 1. The first kappa shape index (κ1) is 36.2. The van der Waals surface area contributed by atoms with E-state index in [1.54, 1.807) is 18.9 Å². The zero-order valence-electron chi connectivity index (χ0n) is 29.6. The van der Waals surface area contributed by atoms with Crippen molar-refractivity contribution in [2.24, 2.45) is 0 Å². The zero-order valence-corrected chi connectivity index (χ0v) is 29.6. The summed E-state index contributed by atoms with van der Waals surface area (Å²) in [6.07, 6.45) is -0.111. The number of rotatable bonds is 6. The molecular formula is C36H45N5O11. The molecule has 280 valence electrons. The number of hydrogen-bond acceptors (Lipinski definition) is 15. The van der Waals surface area contributed by atoms with Crippen LogP contribution in [0.25, 0.3) is 0 Å². The van der Waals surface area contributed by atoms with Crippen molar-refractivity contribution in [1.29, 1.82) is 0 Å². The Morgan fingerprint density at radius 1 is 0.962 bits per heavy atom. The third-order valence-electron chi connectivity index (χ3n) is 10.7. The van der Waals surface area contributed by atoms with E-state index in [0.717, 1.165) is 29.0 Å². The largest absolute Gasteiger partial charge is 0.435 e. The number of cyclic esters (lactones) is 1. The summed E-state index contributed by atoms with van der Waals surface area (Å²) in [7, 11) is 1.63. The molecule has 0 radical (unpaired) electrons. The summed E-state index contributed by atoms with van der Waals surface area (Å²) in [5, 5.41) is 15.9. The Bertz CT molecular complexity index is 1700. The second-order valence-corrected chi connectivity index (χ2v) is 14.2. The molecule has 5 aliphatic rings. The fourth-order valence-corrected chi connectivity index (χ4v) is 7.78. The Hall–Kier alpha value is -4.22. The molecule has 1 aromatic heterocycles. The van der Waals surface area contributed by atoms with Crippen molar-refractivity contribution in [3.63, 3.8) is 0 Å². The van der Waals surface area contributed by atoms with Gasteiger partial charge in [0.2, 0.25) is 6.23 Å². The Kier molecular flexibility index (Phi) is 10.4. The maximum absolute atomic E-state index is 14.2. The molecule has 2 N–H and O–H groups in total. The molecule has 4 bridgehead atoms. The van der Waals surface area contributed by atoms with E-state index in [0.29, 0.717) is 52.0 Å². The van der Waals surface area contributed by atoms with Gasteiger partial charge in [-0.2, -0.15) is 9.97 Å². The van der Waals surface area contributed by atoms with Crippen molar-refractivity contribution in [3.05, 3.63) is 46.6 Å². The molecule has 16 nitrogen and oxygen atoms in total. The van der Waals surface area contributed by atoms with Gasteiger partial charge in [-0.1, -0.05) is 24.3 Å². The van der Waals surface area contributed by atoms with Crippen LogP contribution < -0.4 is 15.1 Å². The molecule has 0 aliphatic carbocycles. The molecule has 16 heteroatoms. The van der Waals surface area contributed by atoms with E-state index >= 15 is 0 Å².